The van der Waals surface area contributed by atoms with Gasteiger partial charge >= 0.3 is 0 Å². The highest BCUT2D eigenvalue weighted by atomic mass is 32.2. The molecule has 1 N–H and O–H groups in total. The third kappa shape index (κ3) is 4.00. The third-order valence-electron chi connectivity index (χ3n) is 3.72. The Labute approximate surface area is 130 Å². The normalized spacial score (nSPS) is 21.1. The molecule has 0 bridgehead atoms. The first-order valence-corrected chi connectivity index (χ1v) is 8.52. The maximum atomic E-state index is 4.16. The summed E-state index contributed by atoms with van der Waals surface area (Å²) in [5.74, 6) is 2.45. The molecule has 1 aliphatic heterocycles. The molecule has 0 saturated carbocycles. The number of rotatable bonds is 4. The maximum Gasteiger partial charge on any atom is 0.137 e. The molecular formula is C16H22N4S. The molecule has 0 amide bonds. The van der Waals surface area contributed by atoms with E-state index in [1.165, 1.54) is 29.2 Å². The van der Waals surface area contributed by atoms with Crippen LogP contribution in [0.5, 0.6) is 0 Å². The molecule has 2 heterocycles. The third-order valence-corrected chi connectivity index (χ3v) is 5.34. The van der Waals surface area contributed by atoms with E-state index in [-0.39, 0.29) is 0 Å². The van der Waals surface area contributed by atoms with Gasteiger partial charge in [-0.05, 0) is 35.3 Å². The Morgan fingerprint density at radius 3 is 3.10 bits per heavy atom. The maximum absolute atomic E-state index is 4.16. The molecule has 5 heteroatoms. The van der Waals surface area contributed by atoms with Crippen molar-refractivity contribution in [2.45, 2.75) is 32.9 Å². The zero-order valence-corrected chi connectivity index (χ0v) is 13.4. The lowest BCUT2D eigenvalue weighted by Crippen LogP contribution is -2.35. The van der Waals surface area contributed by atoms with Crippen molar-refractivity contribution >= 4 is 17.4 Å². The SMILES string of the molecule is CC1(C)CSCC(Nc2cccc(Cn3cncn3)c2)C1. The van der Waals surface area contributed by atoms with Gasteiger partial charge in [0.1, 0.15) is 12.7 Å². The molecule has 1 aromatic carbocycles. The van der Waals surface area contributed by atoms with Crippen LogP contribution >= 0.6 is 11.8 Å². The molecule has 1 unspecified atom stereocenters. The average Bonchev–Trinajstić information content (AvgIpc) is 2.91. The summed E-state index contributed by atoms with van der Waals surface area (Å²) in [7, 11) is 0. The van der Waals surface area contributed by atoms with Gasteiger partial charge in [0.25, 0.3) is 0 Å². The van der Waals surface area contributed by atoms with Gasteiger partial charge in [-0.1, -0.05) is 26.0 Å². The topological polar surface area (TPSA) is 42.7 Å². The average molecular weight is 302 g/mol. The Bertz CT molecular complexity index is 580. The molecule has 4 nitrogen and oxygen atoms in total. The Kier molecular flexibility index (Phi) is 4.19. The van der Waals surface area contributed by atoms with E-state index in [1.807, 2.05) is 4.68 Å². The number of anilines is 1. The minimum Gasteiger partial charge on any atom is -0.381 e. The predicted octanol–water partition coefficient (Wildman–Crippen LogP) is 3.27. The number of hydrogen-bond donors (Lipinski definition) is 1. The highest BCUT2D eigenvalue weighted by molar-refractivity contribution is 7.99. The van der Waals surface area contributed by atoms with Gasteiger partial charge in [0.2, 0.25) is 0 Å². The van der Waals surface area contributed by atoms with E-state index in [4.69, 9.17) is 0 Å². The summed E-state index contributed by atoms with van der Waals surface area (Å²) < 4.78 is 1.85. The number of hydrogen-bond acceptors (Lipinski definition) is 4. The zero-order chi connectivity index (χ0) is 14.7. The van der Waals surface area contributed by atoms with Gasteiger partial charge < -0.3 is 5.32 Å². The van der Waals surface area contributed by atoms with Crippen LogP contribution in [0, 0.1) is 5.41 Å². The van der Waals surface area contributed by atoms with Crippen molar-refractivity contribution in [3.63, 3.8) is 0 Å². The van der Waals surface area contributed by atoms with E-state index < -0.39 is 0 Å². The van der Waals surface area contributed by atoms with Gasteiger partial charge in [0.15, 0.2) is 0 Å². The summed E-state index contributed by atoms with van der Waals surface area (Å²) in [5.41, 5.74) is 2.88. The molecule has 112 valence electrons. The van der Waals surface area contributed by atoms with Crippen LogP contribution in [-0.4, -0.2) is 32.3 Å². The van der Waals surface area contributed by atoms with Crippen molar-refractivity contribution in [3.05, 3.63) is 42.5 Å². The summed E-state index contributed by atoms with van der Waals surface area (Å²) in [6.45, 7) is 5.48. The first-order chi connectivity index (χ1) is 10.1. The molecule has 1 aliphatic rings. The van der Waals surface area contributed by atoms with E-state index in [1.54, 1.807) is 12.7 Å². The van der Waals surface area contributed by atoms with Gasteiger partial charge in [0.05, 0.1) is 6.54 Å². The summed E-state index contributed by atoms with van der Waals surface area (Å²) >= 11 is 2.05. The van der Waals surface area contributed by atoms with Crippen LogP contribution in [0.1, 0.15) is 25.8 Å². The van der Waals surface area contributed by atoms with Crippen LogP contribution in [0.4, 0.5) is 5.69 Å². The monoisotopic (exact) mass is 302 g/mol. The summed E-state index contributed by atoms with van der Waals surface area (Å²) in [6, 6.07) is 9.16. The Hall–Kier alpha value is -1.49. The van der Waals surface area contributed by atoms with Crippen LogP contribution in [0.2, 0.25) is 0 Å². The van der Waals surface area contributed by atoms with E-state index >= 15 is 0 Å². The van der Waals surface area contributed by atoms with Gasteiger partial charge in [-0.25, -0.2) is 9.67 Å². The number of thioether (sulfide) groups is 1. The first-order valence-electron chi connectivity index (χ1n) is 7.36. The molecule has 0 aliphatic carbocycles. The molecule has 1 fully saturated rings. The molecule has 0 spiro atoms. The van der Waals surface area contributed by atoms with Crippen LogP contribution in [-0.2, 0) is 6.54 Å². The van der Waals surface area contributed by atoms with Crippen molar-refractivity contribution in [2.24, 2.45) is 5.41 Å². The lowest BCUT2D eigenvalue weighted by molar-refractivity contribution is 0.358. The minimum atomic E-state index is 0.429. The Morgan fingerprint density at radius 1 is 1.43 bits per heavy atom. The number of benzene rings is 1. The fraction of sp³-hybridized carbons (Fsp3) is 0.500. The van der Waals surface area contributed by atoms with Crippen molar-refractivity contribution in [3.8, 4) is 0 Å². The summed E-state index contributed by atoms with van der Waals surface area (Å²) in [6.07, 6.45) is 4.55. The van der Waals surface area contributed by atoms with E-state index in [0.717, 1.165) is 6.54 Å². The van der Waals surface area contributed by atoms with Crippen LogP contribution in [0.3, 0.4) is 0 Å². The zero-order valence-electron chi connectivity index (χ0n) is 12.6. The minimum absolute atomic E-state index is 0.429. The molecule has 1 aromatic heterocycles. The fourth-order valence-corrected chi connectivity index (χ4v) is 4.13. The first kappa shape index (κ1) is 14.4. The smallest absolute Gasteiger partial charge is 0.137 e. The largest absolute Gasteiger partial charge is 0.381 e. The van der Waals surface area contributed by atoms with Gasteiger partial charge in [-0.3, -0.25) is 0 Å². The number of aromatic nitrogens is 3. The van der Waals surface area contributed by atoms with Crippen LogP contribution < -0.4 is 5.32 Å². The Morgan fingerprint density at radius 2 is 2.33 bits per heavy atom. The molecule has 2 aromatic rings. The summed E-state index contributed by atoms with van der Waals surface area (Å²) in [4.78, 5) is 3.98. The van der Waals surface area contributed by atoms with E-state index in [9.17, 15) is 0 Å². The Balaban J connectivity index is 1.65. The lowest BCUT2D eigenvalue weighted by Gasteiger charge is -2.35. The van der Waals surface area contributed by atoms with E-state index in [2.05, 4.69) is 65.3 Å². The van der Waals surface area contributed by atoms with Gasteiger partial charge in [-0.15, -0.1) is 0 Å². The van der Waals surface area contributed by atoms with Gasteiger partial charge in [0, 0.05) is 17.5 Å². The second-order valence-electron chi connectivity index (χ2n) is 6.52. The molecule has 3 rings (SSSR count). The lowest BCUT2D eigenvalue weighted by atomic mass is 9.88. The fourth-order valence-electron chi connectivity index (χ4n) is 2.85. The van der Waals surface area contributed by atoms with Crippen molar-refractivity contribution in [1.29, 1.82) is 0 Å². The second kappa shape index (κ2) is 6.10. The highest BCUT2D eigenvalue weighted by Gasteiger charge is 2.28. The number of nitrogens with zero attached hydrogens (tertiary/aromatic N) is 3. The predicted molar refractivity (Wildman–Crippen MR) is 88.7 cm³/mol. The molecular weight excluding hydrogens is 280 g/mol. The quantitative estimate of drug-likeness (QED) is 0.941. The molecule has 1 saturated heterocycles. The standard InChI is InChI=1S/C16H22N4S/c1-16(2)7-15(9-21-10-16)19-14-5-3-4-13(6-14)8-20-12-17-11-18-20/h3-6,11-12,15,19H,7-10H2,1-2H3. The molecule has 21 heavy (non-hydrogen) atoms. The van der Waals surface area contributed by atoms with Crippen LogP contribution in [0.25, 0.3) is 0 Å². The highest BCUT2D eigenvalue weighted by Crippen LogP contribution is 2.34. The van der Waals surface area contributed by atoms with Crippen molar-refractivity contribution in [1.82, 2.24) is 14.8 Å². The number of nitrogens with one attached hydrogen (secondary N) is 1. The summed E-state index contributed by atoms with van der Waals surface area (Å²) in [5, 5.41) is 7.85. The second-order valence-corrected chi connectivity index (χ2v) is 7.55. The van der Waals surface area contributed by atoms with E-state index in [0.29, 0.717) is 11.5 Å². The van der Waals surface area contributed by atoms with Crippen molar-refractivity contribution in [2.75, 3.05) is 16.8 Å². The van der Waals surface area contributed by atoms with Crippen molar-refractivity contribution < 1.29 is 0 Å². The molecule has 0 radical (unpaired) electrons. The van der Waals surface area contributed by atoms with Crippen LogP contribution in [0.15, 0.2) is 36.9 Å². The van der Waals surface area contributed by atoms with Gasteiger partial charge in [-0.2, -0.15) is 16.9 Å². The molecule has 1 atom stereocenters.